The van der Waals surface area contributed by atoms with Gasteiger partial charge in [-0.1, -0.05) is 23.7 Å². The predicted molar refractivity (Wildman–Crippen MR) is 107 cm³/mol. The van der Waals surface area contributed by atoms with Crippen molar-refractivity contribution >= 4 is 34.4 Å². The maximum atomic E-state index is 13.5. The molecule has 2 unspecified atom stereocenters. The Kier molecular flexibility index (Phi) is 4.55. The van der Waals surface area contributed by atoms with Crippen molar-refractivity contribution in [3.8, 4) is 0 Å². The van der Waals surface area contributed by atoms with Gasteiger partial charge in [-0.2, -0.15) is 4.68 Å². The highest BCUT2D eigenvalue weighted by molar-refractivity contribution is 6.30. The molecular weight excluding hydrogens is 383 g/mol. The van der Waals surface area contributed by atoms with Gasteiger partial charge < -0.3 is 4.90 Å². The van der Waals surface area contributed by atoms with Crippen LogP contribution in [0.3, 0.4) is 0 Å². The molecular formula is C20H18ClFN4O2. The summed E-state index contributed by atoms with van der Waals surface area (Å²) in [5, 5.41) is 0.878. The monoisotopic (exact) mass is 400 g/mol. The summed E-state index contributed by atoms with van der Waals surface area (Å²) in [7, 11) is 3.40. The molecule has 28 heavy (non-hydrogen) atoms. The molecule has 2 aromatic carbocycles. The van der Waals surface area contributed by atoms with Gasteiger partial charge in [-0.25, -0.2) is 9.37 Å². The second-order valence-electron chi connectivity index (χ2n) is 7.08. The first-order valence-electron chi connectivity index (χ1n) is 8.81. The molecule has 1 N–H and O–H groups in total. The lowest BCUT2D eigenvalue weighted by Crippen LogP contribution is -2.38. The fourth-order valence-corrected chi connectivity index (χ4v) is 3.43. The fourth-order valence-electron chi connectivity index (χ4n) is 3.30. The van der Waals surface area contributed by atoms with Gasteiger partial charge in [0, 0.05) is 31.1 Å². The minimum absolute atomic E-state index is 0.0956. The molecule has 6 nitrogen and oxygen atoms in total. The van der Waals surface area contributed by atoms with Gasteiger partial charge in [0.05, 0.1) is 10.9 Å². The fraction of sp³-hybridized carbons (Fsp3) is 0.250. The Morgan fingerprint density at radius 2 is 1.96 bits per heavy atom. The van der Waals surface area contributed by atoms with Gasteiger partial charge in [0.15, 0.2) is 0 Å². The molecule has 1 aliphatic rings. The molecule has 8 heteroatoms. The lowest BCUT2D eigenvalue weighted by atomic mass is 10.1. The Morgan fingerprint density at radius 1 is 1.25 bits per heavy atom. The SMILES string of the molecule is CN(C)c1nc2cc(F)ccc2c(=O)n1NC(=O)C1CC1c1ccc(Cl)cc1. The highest BCUT2D eigenvalue weighted by Gasteiger charge is 2.44. The number of hydrogen-bond acceptors (Lipinski definition) is 4. The molecule has 2 atom stereocenters. The number of halogens is 2. The number of benzene rings is 2. The third-order valence-corrected chi connectivity index (χ3v) is 5.11. The standard InChI is InChI=1S/C20H18ClFN4O2/c1-25(2)20-23-17-9-13(22)7-8-14(17)19(28)26(20)24-18(27)16-10-15(16)11-3-5-12(21)6-4-11/h3-9,15-16H,10H2,1-2H3,(H,24,27). The summed E-state index contributed by atoms with van der Waals surface area (Å²) in [6.07, 6.45) is 0.700. The zero-order chi connectivity index (χ0) is 20.0. The number of nitrogens with zero attached hydrogens (tertiary/aromatic N) is 3. The van der Waals surface area contributed by atoms with Gasteiger partial charge in [-0.15, -0.1) is 0 Å². The smallest absolute Gasteiger partial charge is 0.281 e. The summed E-state index contributed by atoms with van der Waals surface area (Å²) >= 11 is 5.91. The molecule has 1 aromatic heterocycles. The first kappa shape index (κ1) is 18.4. The highest BCUT2D eigenvalue weighted by Crippen LogP contribution is 2.47. The first-order valence-corrected chi connectivity index (χ1v) is 9.19. The third-order valence-electron chi connectivity index (χ3n) is 4.86. The number of aromatic nitrogens is 2. The molecule has 144 valence electrons. The summed E-state index contributed by atoms with van der Waals surface area (Å²) in [5.74, 6) is -0.645. The normalized spacial score (nSPS) is 18.1. The van der Waals surface area contributed by atoms with Crippen molar-refractivity contribution < 1.29 is 9.18 Å². The highest BCUT2D eigenvalue weighted by atomic mass is 35.5. The van der Waals surface area contributed by atoms with E-state index in [9.17, 15) is 14.0 Å². The van der Waals surface area contributed by atoms with Gasteiger partial charge in [0.1, 0.15) is 5.82 Å². The van der Waals surface area contributed by atoms with Crippen LogP contribution in [-0.2, 0) is 4.79 Å². The van der Waals surface area contributed by atoms with Crippen LogP contribution in [0.2, 0.25) is 5.02 Å². The van der Waals surface area contributed by atoms with Gasteiger partial charge in [0.25, 0.3) is 5.56 Å². The third kappa shape index (κ3) is 3.33. The van der Waals surface area contributed by atoms with E-state index in [1.54, 1.807) is 31.1 Å². The molecule has 1 heterocycles. The molecule has 1 fully saturated rings. The lowest BCUT2D eigenvalue weighted by Gasteiger charge is -2.19. The number of fused-ring (bicyclic) bond motifs is 1. The summed E-state index contributed by atoms with van der Waals surface area (Å²) in [5.41, 5.74) is 3.51. The molecule has 1 saturated carbocycles. The van der Waals surface area contributed by atoms with E-state index in [-0.39, 0.29) is 34.6 Å². The van der Waals surface area contributed by atoms with Crippen LogP contribution in [0.5, 0.6) is 0 Å². The van der Waals surface area contributed by atoms with Gasteiger partial charge in [0.2, 0.25) is 11.9 Å². The number of rotatable bonds is 4. The Balaban J connectivity index is 1.64. The minimum atomic E-state index is -0.477. The minimum Gasteiger partial charge on any atom is -0.347 e. The van der Waals surface area contributed by atoms with Gasteiger partial charge in [-0.05, 0) is 42.2 Å². The van der Waals surface area contributed by atoms with Crippen LogP contribution in [0.1, 0.15) is 17.9 Å². The second-order valence-corrected chi connectivity index (χ2v) is 7.52. The maximum Gasteiger partial charge on any atom is 0.281 e. The predicted octanol–water partition coefficient (Wildman–Crippen LogP) is 3.13. The average Bonchev–Trinajstić information content (AvgIpc) is 3.45. The average molecular weight is 401 g/mol. The number of carbonyl (C=O) groups excluding carboxylic acids is 1. The molecule has 0 saturated heterocycles. The van der Waals surface area contributed by atoms with Crippen molar-refractivity contribution in [3.63, 3.8) is 0 Å². The first-order chi connectivity index (χ1) is 13.3. The largest absolute Gasteiger partial charge is 0.347 e. The van der Waals surface area contributed by atoms with Crippen LogP contribution in [-0.4, -0.2) is 29.7 Å². The van der Waals surface area contributed by atoms with E-state index in [4.69, 9.17) is 11.6 Å². The molecule has 1 aliphatic carbocycles. The van der Waals surface area contributed by atoms with Crippen molar-refractivity contribution in [2.24, 2.45) is 5.92 Å². The molecule has 0 bridgehead atoms. The number of hydrogen-bond donors (Lipinski definition) is 1. The van der Waals surface area contributed by atoms with Crippen molar-refractivity contribution in [2.75, 3.05) is 24.4 Å². The molecule has 0 aliphatic heterocycles. The zero-order valence-electron chi connectivity index (χ0n) is 15.3. The van der Waals surface area contributed by atoms with Crippen LogP contribution < -0.4 is 15.9 Å². The summed E-state index contributed by atoms with van der Waals surface area (Å²) in [6.45, 7) is 0. The molecule has 4 rings (SSSR count). The van der Waals surface area contributed by atoms with E-state index < -0.39 is 11.4 Å². The van der Waals surface area contributed by atoms with Crippen molar-refractivity contribution in [1.29, 1.82) is 0 Å². The van der Waals surface area contributed by atoms with E-state index in [0.717, 1.165) is 10.2 Å². The topological polar surface area (TPSA) is 67.2 Å². The van der Waals surface area contributed by atoms with Crippen molar-refractivity contribution in [1.82, 2.24) is 9.66 Å². The van der Waals surface area contributed by atoms with E-state index >= 15 is 0 Å². The number of carbonyl (C=O) groups is 1. The number of anilines is 1. The molecule has 0 spiro atoms. The van der Waals surface area contributed by atoms with Crippen LogP contribution in [0.25, 0.3) is 10.9 Å². The Bertz CT molecular complexity index is 1130. The van der Waals surface area contributed by atoms with Crippen LogP contribution in [0.15, 0.2) is 47.3 Å². The summed E-state index contributed by atoms with van der Waals surface area (Å²) in [4.78, 5) is 31.5. The summed E-state index contributed by atoms with van der Waals surface area (Å²) in [6, 6.07) is 11.2. The van der Waals surface area contributed by atoms with E-state index in [0.29, 0.717) is 11.4 Å². The Labute approximate surface area is 165 Å². The maximum absolute atomic E-state index is 13.5. The molecule has 3 aromatic rings. The quantitative estimate of drug-likeness (QED) is 0.730. The Morgan fingerprint density at radius 3 is 2.64 bits per heavy atom. The zero-order valence-corrected chi connectivity index (χ0v) is 16.1. The van der Waals surface area contributed by atoms with Gasteiger partial charge in [-0.3, -0.25) is 15.0 Å². The number of amides is 1. The summed E-state index contributed by atoms with van der Waals surface area (Å²) < 4.78 is 14.6. The van der Waals surface area contributed by atoms with Crippen LogP contribution in [0.4, 0.5) is 10.3 Å². The van der Waals surface area contributed by atoms with E-state index in [1.807, 2.05) is 12.1 Å². The van der Waals surface area contributed by atoms with E-state index in [2.05, 4.69) is 10.4 Å². The van der Waals surface area contributed by atoms with Crippen LogP contribution >= 0.6 is 11.6 Å². The van der Waals surface area contributed by atoms with Crippen LogP contribution in [0, 0.1) is 11.7 Å². The molecule has 0 radical (unpaired) electrons. The second kappa shape index (κ2) is 6.91. The lowest BCUT2D eigenvalue weighted by molar-refractivity contribution is -0.118. The van der Waals surface area contributed by atoms with Gasteiger partial charge >= 0.3 is 0 Å². The Hall–Kier alpha value is -2.93. The van der Waals surface area contributed by atoms with E-state index in [1.165, 1.54) is 18.2 Å². The van der Waals surface area contributed by atoms with Crippen molar-refractivity contribution in [2.45, 2.75) is 12.3 Å². The number of nitrogens with one attached hydrogen (secondary N) is 1. The van der Waals surface area contributed by atoms with Crippen molar-refractivity contribution in [3.05, 3.63) is 69.2 Å². The molecule has 1 amide bonds.